The zero-order valence-corrected chi connectivity index (χ0v) is 26.5. The monoisotopic (exact) mass is 620 g/mol. The van der Waals surface area contributed by atoms with Crippen molar-refractivity contribution in [1.82, 2.24) is 5.06 Å². The fourth-order valence-corrected chi connectivity index (χ4v) is 5.82. The Labute approximate surface area is 269 Å². The zero-order chi connectivity index (χ0) is 32.9. The Morgan fingerprint density at radius 3 is 1.80 bits per heavy atom. The van der Waals surface area contributed by atoms with Gasteiger partial charge in [-0.25, -0.2) is 4.79 Å². The van der Waals surface area contributed by atoms with Crippen LogP contribution >= 0.6 is 0 Å². The molecular weight excluding hydrogens is 582 g/mol. The van der Waals surface area contributed by atoms with Crippen LogP contribution in [0.3, 0.4) is 0 Å². The molecule has 0 aliphatic carbocycles. The van der Waals surface area contributed by atoms with E-state index in [0.29, 0.717) is 41.0 Å². The van der Waals surface area contributed by atoms with Gasteiger partial charge in [0.05, 0.1) is 17.0 Å². The van der Waals surface area contributed by atoms with Crippen molar-refractivity contribution < 1.29 is 33.8 Å². The van der Waals surface area contributed by atoms with Gasteiger partial charge in [-0.15, -0.1) is 10.3 Å². The van der Waals surface area contributed by atoms with E-state index in [2.05, 4.69) is 0 Å². The minimum absolute atomic E-state index is 0.0767. The smallest absolute Gasteiger partial charge is 0.338 e. The van der Waals surface area contributed by atoms with Crippen molar-refractivity contribution in [3.8, 4) is 11.5 Å². The molecule has 1 unspecified atom stereocenters. The molecule has 1 radical (unpaired) electrons. The normalized spacial score (nSPS) is 16.8. The molecule has 0 N–H and O–H groups in total. The summed E-state index contributed by atoms with van der Waals surface area (Å²) in [5.74, 6) is -0.391. The van der Waals surface area contributed by atoms with Gasteiger partial charge in [-0.2, -0.15) is 0 Å². The summed E-state index contributed by atoms with van der Waals surface area (Å²) in [6.07, 6.45) is 1.12. The first-order chi connectivity index (χ1) is 21.9. The molecule has 8 heteroatoms. The highest BCUT2D eigenvalue weighted by atomic mass is 16.6. The quantitative estimate of drug-likeness (QED) is 0.0780. The topological polar surface area (TPSA) is 102 Å². The van der Waals surface area contributed by atoms with Crippen LogP contribution in [0.2, 0.25) is 0 Å². The van der Waals surface area contributed by atoms with E-state index in [4.69, 9.17) is 14.2 Å². The minimum atomic E-state index is -0.833. The summed E-state index contributed by atoms with van der Waals surface area (Å²) in [7, 11) is 0. The Hall–Kier alpha value is -4.79. The lowest BCUT2D eigenvalue weighted by molar-refractivity contribution is -0.248. The molecule has 1 heterocycles. The third-order valence-corrected chi connectivity index (χ3v) is 8.39. The third-order valence-electron chi connectivity index (χ3n) is 8.39. The molecule has 0 amide bonds. The van der Waals surface area contributed by atoms with E-state index in [1.165, 1.54) is 0 Å². The van der Waals surface area contributed by atoms with Crippen LogP contribution in [-0.2, 0) is 21.2 Å². The van der Waals surface area contributed by atoms with Gasteiger partial charge >= 0.3 is 11.9 Å². The lowest BCUT2D eigenvalue weighted by Gasteiger charge is -2.32. The summed E-state index contributed by atoms with van der Waals surface area (Å²) in [6.45, 7) is 7.54. The number of nitrogens with zero attached hydrogens (tertiary/aromatic N) is 1. The van der Waals surface area contributed by atoms with Gasteiger partial charge in [0.2, 0.25) is 0 Å². The number of rotatable bonds is 11. The van der Waals surface area contributed by atoms with Gasteiger partial charge in [0.1, 0.15) is 24.7 Å². The van der Waals surface area contributed by atoms with Crippen molar-refractivity contribution in [2.75, 3.05) is 13.2 Å². The van der Waals surface area contributed by atoms with Gasteiger partial charge in [-0.3, -0.25) is 9.59 Å². The second-order valence-corrected chi connectivity index (χ2v) is 12.7. The van der Waals surface area contributed by atoms with Crippen LogP contribution in [0.1, 0.15) is 71.5 Å². The van der Waals surface area contributed by atoms with Crippen molar-refractivity contribution in [2.45, 2.75) is 51.6 Å². The Kier molecular flexibility index (Phi) is 9.70. The number of carbonyl (C=O) groups is 3. The highest BCUT2D eigenvalue weighted by Crippen LogP contribution is 2.44. The standard InChI is InChI=1S/C38H38NO7/c1-37(2)25-33(38(3,4)39(37)43)36(42)46-32-20-12-27(13-21-32)24-26-10-18-31(19-11-26)44-22-23-45-35(41)30-16-14-29(15-17-30)34(40)28-8-6-5-7-9-28/h5-21,33H,22-25H2,1-4H3. The molecule has 0 saturated carbocycles. The Bertz CT molecular complexity index is 1660. The molecule has 46 heavy (non-hydrogen) atoms. The van der Waals surface area contributed by atoms with Crippen molar-refractivity contribution in [3.05, 3.63) is 131 Å². The molecule has 0 spiro atoms. The van der Waals surface area contributed by atoms with Gasteiger partial charge in [0, 0.05) is 16.7 Å². The molecule has 4 aromatic rings. The van der Waals surface area contributed by atoms with Crippen molar-refractivity contribution in [3.63, 3.8) is 0 Å². The van der Waals surface area contributed by atoms with Gasteiger partial charge in [-0.05, 0) is 88.1 Å². The molecule has 1 atom stereocenters. The highest BCUT2D eigenvalue weighted by Gasteiger charge is 2.56. The van der Waals surface area contributed by atoms with Gasteiger partial charge in [0.15, 0.2) is 5.78 Å². The lowest BCUT2D eigenvalue weighted by Crippen LogP contribution is -2.47. The first-order valence-corrected chi connectivity index (χ1v) is 15.3. The summed E-state index contributed by atoms with van der Waals surface area (Å²) in [5.41, 5.74) is 2.11. The van der Waals surface area contributed by atoms with Crippen LogP contribution in [-0.4, -0.2) is 47.1 Å². The molecule has 4 aromatic carbocycles. The molecule has 5 rings (SSSR count). The molecule has 8 nitrogen and oxygen atoms in total. The summed E-state index contributed by atoms with van der Waals surface area (Å²) in [4.78, 5) is 37.9. The third kappa shape index (κ3) is 7.53. The first-order valence-electron chi connectivity index (χ1n) is 15.3. The van der Waals surface area contributed by atoms with E-state index < -0.39 is 23.0 Å². The van der Waals surface area contributed by atoms with Crippen molar-refractivity contribution >= 4 is 17.7 Å². The van der Waals surface area contributed by atoms with E-state index >= 15 is 0 Å². The molecule has 237 valence electrons. The molecular formula is C38H38NO7. The highest BCUT2D eigenvalue weighted by molar-refractivity contribution is 6.09. The predicted molar refractivity (Wildman–Crippen MR) is 172 cm³/mol. The van der Waals surface area contributed by atoms with Crippen LogP contribution in [0.4, 0.5) is 0 Å². The molecule has 1 fully saturated rings. The van der Waals surface area contributed by atoms with Gasteiger partial charge < -0.3 is 14.2 Å². The number of ether oxygens (including phenoxy) is 3. The number of hydrogen-bond acceptors (Lipinski definition) is 7. The Morgan fingerprint density at radius 1 is 0.696 bits per heavy atom. The Balaban J connectivity index is 1.04. The number of hydroxylamine groups is 2. The zero-order valence-electron chi connectivity index (χ0n) is 26.5. The molecule has 0 bridgehead atoms. The van der Waals surface area contributed by atoms with Crippen molar-refractivity contribution in [2.24, 2.45) is 5.92 Å². The van der Waals surface area contributed by atoms with Crippen LogP contribution in [0.5, 0.6) is 11.5 Å². The van der Waals surface area contributed by atoms with E-state index in [1.54, 1.807) is 62.4 Å². The average molecular weight is 621 g/mol. The second-order valence-electron chi connectivity index (χ2n) is 12.7. The number of esters is 2. The molecule has 1 saturated heterocycles. The van der Waals surface area contributed by atoms with Crippen LogP contribution in [0.15, 0.2) is 103 Å². The molecule has 0 aromatic heterocycles. The summed E-state index contributed by atoms with van der Waals surface area (Å²) in [6, 6.07) is 30.4. The summed E-state index contributed by atoms with van der Waals surface area (Å²) >= 11 is 0. The van der Waals surface area contributed by atoms with E-state index in [9.17, 15) is 19.6 Å². The fourth-order valence-electron chi connectivity index (χ4n) is 5.82. The van der Waals surface area contributed by atoms with Gasteiger partial charge in [0.25, 0.3) is 0 Å². The first kappa shape index (κ1) is 32.6. The van der Waals surface area contributed by atoms with E-state index in [0.717, 1.165) is 16.2 Å². The largest absolute Gasteiger partial charge is 0.490 e. The number of carbonyl (C=O) groups excluding carboxylic acids is 3. The second kappa shape index (κ2) is 13.7. The minimum Gasteiger partial charge on any atom is -0.490 e. The molecule has 1 aliphatic rings. The number of ketones is 1. The van der Waals surface area contributed by atoms with Gasteiger partial charge in [-0.1, -0.05) is 66.7 Å². The Morgan fingerprint density at radius 2 is 1.24 bits per heavy atom. The average Bonchev–Trinajstić information content (AvgIpc) is 3.23. The number of hydrogen-bond donors (Lipinski definition) is 0. The summed E-state index contributed by atoms with van der Waals surface area (Å²) < 4.78 is 16.7. The summed E-state index contributed by atoms with van der Waals surface area (Å²) in [5, 5.41) is 13.6. The van der Waals surface area contributed by atoms with Crippen molar-refractivity contribution in [1.29, 1.82) is 0 Å². The fraction of sp³-hybridized carbons (Fsp3) is 0.289. The van der Waals surface area contributed by atoms with Crippen LogP contribution in [0, 0.1) is 5.92 Å². The molecule has 1 aliphatic heterocycles. The lowest BCUT2D eigenvalue weighted by atomic mass is 9.87. The van der Waals surface area contributed by atoms with E-state index in [1.807, 2.05) is 68.4 Å². The van der Waals surface area contributed by atoms with Crippen LogP contribution < -0.4 is 9.47 Å². The maximum Gasteiger partial charge on any atom is 0.338 e. The maximum atomic E-state index is 12.9. The SMILES string of the molecule is CC1(C)CC(C(=O)Oc2ccc(Cc3ccc(OCCOC(=O)c4ccc(C(=O)c5ccccc5)cc4)cc3)cc2)C(C)(C)N1[O]. The van der Waals surface area contributed by atoms with E-state index in [-0.39, 0.29) is 25.0 Å². The number of benzene rings is 4. The predicted octanol–water partition coefficient (Wildman–Crippen LogP) is 6.87. The maximum absolute atomic E-state index is 12.9. The van der Waals surface area contributed by atoms with Crippen LogP contribution in [0.25, 0.3) is 0 Å².